The lowest BCUT2D eigenvalue weighted by molar-refractivity contribution is 1.17. The van der Waals surface area contributed by atoms with Gasteiger partial charge in [0.05, 0.1) is 32.2 Å². The molecule has 160 valence electrons. The summed E-state index contributed by atoms with van der Waals surface area (Å²) in [7, 11) is 0. The van der Waals surface area contributed by atoms with Crippen LogP contribution in [0.3, 0.4) is 0 Å². The zero-order valence-electron chi connectivity index (χ0n) is 18.6. The highest BCUT2D eigenvalue weighted by molar-refractivity contribution is 9.12. The first-order chi connectivity index (χ1) is 16.2. The van der Waals surface area contributed by atoms with Crippen LogP contribution in [0.4, 0.5) is 0 Å². The maximum absolute atomic E-state index is 4.03. The molecule has 0 aliphatic carbocycles. The Morgan fingerprint density at radius 3 is 1.27 bits per heavy atom. The molecule has 2 aromatic heterocycles. The Morgan fingerprint density at radius 1 is 0.576 bits per heavy atom. The van der Waals surface area contributed by atoms with Gasteiger partial charge in [-0.25, -0.2) is 0 Å². The van der Waals surface area contributed by atoms with E-state index >= 15 is 0 Å². The Balaban J connectivity index is 1.67. The Bertz CT molecular complexity index is 1640. The predicted molar refractivity (Wildman–Crippen MR) is 147 cm³/mol. The minimum atomic E-state index is 1.07. The number of nitrogens with zero attached hydrogens (tertiary/aromatic N) is 2. The number of hydrogen-bond acceptors (Lipinski definition) is 0. The van der Waals surface area contributed by atoms with Crippen LogP contribution in [0.5, 0.6) is 0 Å². The van der Waals surface area contributed by atoms with Crippen LogP contribution in [0.2, 0.25) is 0 Å². The number of aromatic nitrogens is 2. The molecular weight excluding hydrogens is 468 g/mol. The maximum Gasteiger partial charge on any atom is 0.0608 e. The number of benzene rings is 4. The fraction of sp³-hybridized carbons (Fsp3) is 0.0667. The molecule has 6 aromatic rings. The molecule has 0 radical (unpaired) electrons. The molecule has 0 aliphatic heterocycles. The summed E-state index contributed by atoms with van der Waals surface area (Å²) in [6, 6.07) is 34.6. The molecule has 2 nitrogen and oxygen atoms in total. The van der Waals surface area contributed by atoms with E-state index in [2.05, 4.69) is 142 Å². The largest absolute Gasteiger partial charge is 0.312 e. The predicted octanol–water partition coefficient (Wildman–Crippen LogP) is 9.05. The molecule has 0 aliphatic rings. The third kappa shape index (κ3) is 2.93. The molecule has 0 fully saturated rings. The van der Waals surface area contributed by atoms with Crippen LogP contribution < -0.4 is 0 Å². The van der Waals surface area contributed by atoms with Gasteiger partial charge in [0.25, 0.3) is 0 Å². The van der Waals surface area contributed by atoms with Gasteiger partial charge in [-0.05, 0) is 54.0 Å². The van der Waals surface area contributed by atoms with Crippen molar-refractivity contribution in [3.8, 4) is 0 Å². The van der Waals surface area contributed by atoms with Gasteiger partial charge in [0.2, 0.25) is 0 Å². The maximum atomic E-state index is 4.03. The van der Waals surface area contributed by atoms with Gasteiger partial charge in [-0.3, -0.25) is 0 Å². The van der Waals surface area contributed by atoms with Crippen LogP contribution in [0.25, 0.3) is 55.0 Å². The summed E-state index contributed by atoms with van der Waals surface area (Å²) in [6.45, 7) is 4.31. The van der Waals surface area contributed by atoms with Crippen LogP contribution >= 0.6 is 15.9 Å². The second-order valence-corrected chi connectivity index (χ2v) is 9.11. The van der Waals surface area contributed by atoms with Crippen LogP contribution in [-0.2, 0) is 0 Å². The summed E-state index contributed by atoms with van der Waals surface area (Å²) in [5.41, 5.74) is 7.13. The van der Waals surface area contributed by atoms with E-state index in [0.717, 1.165) is 15.9 Å². The monoisotopic (exact) mass is 490 g/mol. The topological polar surface area (TPSA) is 9.86 Å². The van der Waals surface area contributed by atoms with E-state index in [0.29, 0.717) is 0 Å². The molecule has 3 heteroatoms. The first-order valence-corrected chi connectivity index (χ1v) is 12.0. The number of para-hydroxylation sites is 4. The minimum Gasteiger partial charge on any atom is -0.312 e. The lowest BCUT2D eigenvalue weighted by atomic mass is 10.2. The third-order valence-corrected chi connectivity index (χ3v) is 7.53. The highest BCUT2D eigenvalue weighted by Crippen LogP contribution is 2.39. The van der Waals surface area contributed by atoms with Crippen molar-refractivity contribution in [2.75, 3.05) is 0 Å². The van der Waals surface area contributed by atoms with Crippen molar-refractivity contribution >= 4 is 70.9 Å². The summed E-state index contributed by atoms with van der Waals surface area (Å²) >= 11 is 4.03. The van der Waals surface area contributed by atoms with Crippen LogP contribution in [0.15, 0.2) is 108 Å². The average molecular weight is 491 g/mol. The lowest BCUT2D eigenvalue weighted by Gasteiger charge is -2.17. The highest BCUT2D eigenvalue weighted by Gasteiger charge is 2.18. The van der Waals surface area contributed by atoms with Crippen molar-refractivity contribution in [1.29, 1.82) is 0 Å². The number of allylic oxidation sites excluding steroid dienone is 4. The van der Waals surface area contributed by atoms with E-state index in [-0.39, 0.29) is 0 Å². The van der Waals surface area contributed by atoms with E-state index in [4.69, 9.17) is 0 Å². The molecule has 2 heterocycles. The van der Waals surface area contributed by atoms with E-state index in [9.17, 15) is 0 Å². The zero-order chi connectivity index (χ0) is 22.5. The van der Waals surface area contributed by atoms with Crippen molar-refractivity contribution in [2.45, 2.75) is 13.8 Å². The summed E-state index contributed by atoms with van der Waals surface area (Å²) in [6.07, 6.45) is 2.19. The molecule has 0 atom stereocenters. The SMILES string of the molecule is C/C=C(\C(Br)=C(/C)n1c2ccccc2c2ccccc21)n1c2ccccc2c2ccccc21. The summed E-state index contributed by atoms with van der Waals surface area (Å²) < 4.78 is 5.81. The van der Waals surface area contributed by atoms with Crippen molar-refractivity contribution < 1.29 is 0 Å². The molecule has 0 saturated carbocycles. The van der Waals surface area contributed by atoms with Crippen LogP contribution in [0.1, 0.15) is 13.8 Å². The van der Waals surface area contributed by atoms with E-state index in [1.54, 1.807) is 0 Å². The van der Waals surface area contributed by atoms with E-state index < -0.39 is 0 Å². The Kier molecular flexibility index (Phi) is 4.74. The second kappa shape index (κ2) is 7.79. The second-order valence-electron chi connectivity index (χ2n) is 8.31. The summed E-state index contributed by atoms with van der Waals surface area (Å²) in [5.74, 6) is 0. The Hall–Kier alpha value is -3.56. The quantitative estimate of drug-likeness (QED) is 0.219. The van der Waals surface area contributed by atoms with Crippen LogP contribution in [-0.4, -0.2) is 9.13 Å². The standard InChI is InChI=1S/C30H23BrN2/c1-3-25(33-28-18-10-6-14-23(28)24-15-7-11-19-29(24)33)30(31)20(2)32-26-16-8-4-12-21(26)22-13-5-9-17-27(22)32/h3-19H,1-2H3/b25-3+,30-20-. The van der Waals surface area contributed by atoms with Gasteiger partial charge in [-0.1, -0.05) is 78.9 Å². The van der Waals surface area contributed by atoms with Gasteiger partial charge in [0, 0.05) is 27.2 Å². The number of halogens is 1. The Morgan fingerprint density at radius 2 is 0.909 bits per heavy atom. The average Bonchev–Trinajstić information content (AvgIpc) is 3.38. The molecule has 0 saturated heterocycles. The molecule has 0 bridgehead atoms. The van der Waals surface area contributed by atoms with Gasteiger partial charge in [0.1, 0.15) is 0 Å². The van der Waals surface area contributed by atoms with Crippen molar-refractivity contribution in [3.63, 3.8) is 0 Å². The molecule has 0 unspecified atom stereocenters. The lowest BCUT2D eigenvalue weighted by Crippen LogP contribution is -2.02. The molecule has 33 heavy (non-hydrogen) atoms. The highest BCUT2D eigenvalue weighted by atomic mass is 79.9. The fourth-order valence-corrected chi connectivity index (χ4v) is 5.69. The fourth-order valence-electron chi connectivity index (χ4n) is 5.10. The van der Waals surface area contributed by atoms with Crippen molar-refractivity contribution in [3.05, 3.63) is 108 Å². The Labute approximate surface area is 201 Å². The normalized spacial score (nSPS) is 13.4. The summed E-state index contributed by atoms with van der Waals surface area (Å²) in [4.78, 5) is 0. The number of fused-ring (bicyclic) bond motifs is 6. The first kappa shape index (κ1) is 20.1. The minimum absolute atomic E-state index is 1.07. The van der Waals surface area contributed by atoms with Gasteiger partial charge >= 0.3 is 0 Å². The zero-order valence-corrected chi connectivity index (χ0v) is 20.2. The smallest absolute Gasteiger partial charge is 0.0608 e. The van der Waals surface area contributed by atoms with Crippen LogP contribution in [0, 0.1) is 0 Å². The molecule has 0 spiro atoms. The molecule has 0 amide bonds. The first-order valence-electron chi connectivity index (χ1n) is 11.2. The molecule has 4 aromatic carbocycles. The molecule has 6 rings (SSSR count). The van der Waals surface area contributed by atoms with Gasteiger partial charge in [-0.15, -0.1) is 0 Å². The van der Waals surface area contributed by atoms with E-state index in [1.807, 2.05) is 0 Å². The van der Waals surface area contributed by atoms with Crippen molar-refractivity contribution in [1.82, 2.24) is 9.13 Å². The van der Waals surface area contributed by atoms with Gasteiger partial charge < -0.3 is 9.13 Å². The number of hydrogen-bond donors (Lipinski definition) is 0. The third-order valence-electron chi connectivity index (χ3n) is 6.55. The van der Waals surface area contributed by atoms with Crippen molar-refractivity contribution in [2.24, 2.45) is 0 Å². The number of rotatable bonds is 3. The van der Waals surface area contributed by atoms with Gasteiger partial charge in [-0.2, -0.15) is 0 Å². The van der Waals surface area contributed by atoms with E-state index in [1.165, 1.54) is 43.6 Å². The summed E-state index contributed by atoms with van der Waals surface area (Å²) in [5, 5.41) is 5.07. The van der Waals surface area contributed by atoms with Gasteiger partial charge in [0.15, 0.2) is 0 Å². The molecule has 0 N–H and O–H groups in total. The molecular formula is C30H23BrN2.